The Kier molecular flexibility index (Phi) is 3.66. The van der Waals surface area contributed by atoms with Crippen molar-refractivity contribution in [3.63, 3.8) is 0 Å². The van der Waals surface area contributed by atoms with Gasteiger partial charge in [0.1, 0.15) is 0 Å². The molecule has 4 rings (SSSR count). The molecule has 118 valence electrons. The molecule has 0 radical (unpaired) electrons. The average Bonchev–Trinajstić information content (AvgIpc) is 3.11. The van der Waals surface area contributed by atoms with Crippen LogP contribution in [0.3, 0.4) is 0 Å². The van der Waals surface area contributed by atoms with Crippen LogP contribution in [-0.4, -0.2) is 36.1 Å². The lowest BCUT2D eigenvalue weighted by Gasteiger charge is -2.41. The van der Waals surface area contributed by atoms with Crippen molar-refractivity contribution in [3.8, 4) is 0 Å². The van der Waals surface area contributed by atoms with Gasteiger partial charge in [0.25, 0.3) is 0 Å². The maximum atomic E-state index is 13.5. The summed E-state index contributed by atoms with van der Waals surface area (Å²) in [6, 6.07) is 8.50. The molecule has 2 atom stereocenters. The molecular formula is C18H22ClNO2. The van der Waals surface area contributed by atoms with E-state index in [-0.39, 0.29) is 17.5 Å². The quantitative estimate of drug-likeness (QED) is 0.834. The van der Waals surface area contributed by atoms with Crippen molar-refractivity contribution in [1.29, 1.82) is 0 Å². The number of rotatable bonds is 2. The van der Waals surface area contributed by atoms with Crippen molar-refractivity contribution in [2.24, 2.45) is 0 Å². The van der Waals surface area contributed by atoms with E-state index >= 15 is 0 Å². The molecule has 4 heteroatoms. The van der Waals surface area contributed by atoms with Gasteiger partial charge in [0, 0.05) is 5.02 Å². The number of halogens is 1. The highest BCUT2D eigenvalue weighted by atomic mass is 35.5. The number of ether oxygens (including phenoxy) is 1. The summed E-state index contributed by atoms with van der Waals surface area (Å²) < 4.78 is 5.64. The van der Waals surface area contributed by atoms with Crippen LogP contribution in [0.5, 0.6) is 0 Å². The molecule has 3 aliphatic rings. The van der Waals surface area contributed by atoms with Gasteiger partial charge >= 0.3 is 0 Å². The van der Waals surface area contributed by atoms with Gasteiger partial charge in [-0.05, 0) is 43.4 Å². The highest BCUT2D eigenvalue weighted by Gasteiger charge is 2.50. The van der Waals surface area contributed by atoms with Crippen LogP contribution in [0.2, 0.25) is 5.02 Å². The molecule has 22 heavy (non-hydrogen) atoms. The highest BCUT2D eigenvalue weighted by molar-refractivity contribution is 6.30. The molecule has 2 aliphatic heterocycles. The fourth-order valence-electron chi connectivity index (χ4n) is 4.58. The molecule has 1 amide bonds. The van der Waals surface area contributed by atoms with Crippen molar-refractivity contribution >= 4 is 17.5 Å². The van der Waals surface area contributed by atoms with E-state index in [1.807, 2.05) is 24.3 Å². The predicted octanol–water partition coefficient (Wildman–Crippen LogP) is 3.54. The standard InChI is InChI=1S/C18H22ClNO2/c19-14-5-3-13(4-6-14)18(9-1-2-10-18)17(21)20-15-7-8-16(20)12-22-11-15/h3-6,15-16H,1-2,7-12H2. The van der Waals surface area contributed by atoms with E-state index in [2.05, 4.69) is 4.90 Å². The fourth-order valence-corrected chi connectivity index (χ4v) is 4.71. The van der Waals surface area contributed by atoms with Crippen LogP contribution in [0.25, 0.3) is 0 Å². The summed E-state index contributed by atoms with van der Waals surface area (Å²) in [5.41, 5.74) is 0.813. The number of hydrogen-bond donors (Lipinski definition) is 0. The van der Waals surface area contributed by atoms with Gasteiger partial charge in [-0.15, -0.1) is 0 Å². The average molecular weight is 320 g/mol. The Morgan fingerprint density at radius 1 is 1.09 bits per heavy atom. The van der Waals surface area contributed by atoms with Gasteiger partial charge < -0.3 is 9.64 Å². The van der Waals surface area contributed by atoms with Gasteiger partial charge in [-0.2, -0.15) is 0 Å². The van der Waals surface area contributed by atoms with Crippen molar-refractivity contribution < 1.29 is 9.53 Å². The third-order valence-electron chi connectivity index (χ3n) is 5.74. The van der Waals surface area contributed by atoms with Gasteiger partial charge in [-0.3, -0.25) is 4.79 Å². The Morgan fingerprint density at radius 2 is 1.68 bits per heavy atom. The number of hydrogen-bond acceptors (Lipinski definition) is 2. The number of amides is 1. The van der Waals surface area contributed by atoms with E-state index in [0.717, 1.165) is 49.1 Å². The summed E-state index contributed by atoms with van der Waals surface area (Å²) in [5.74, 6) is 0.336. The lowest BCUT2D eigenvalue weighted by molar-refractivity contribution is -0.147. The number of carbonyl (C=O) groups is 1. The molecule has 0 aromatic heterocycles. The van der Waals surface area contributed by atoms with Crippen LogP contribution in [0.4, 0.5) is 0 Å². The molecule has 1 aromatic carbocycles. The topological polar surface area (TPSA) is 29.5 Å². The zero-order valence-corrected chi connectivity index (χ0v) is 13.5. The van der Waals surface area contributed by atoms with E-state index in [0.29, 0.717) is 19.1 Å². The van der Waals surface area contributed by atoms with Crippen LogP contribution in [0.1, 0.15) is 44.1 Å². The third-order valence-corrected chi connectivity index (χ3v) is 5.99. The fraction of sp³-hybridized carbons (Fsp3) is 0.611. The SMILES string of the molecule is O=C(N1C2CCC1COC2)C1(c2ccc(Cl)cc2)CCCC1. The molecule has 1 aromatic rings. The lowest BCUT2D eigenvalue weighted by atomic mass is 9.77. The third kappa shape index (κ3) is 2.17. The smallest absolute Gasteiger partial charge is 0.233 e. The van der Waals surface area contributed by atoms with Crippen molar-refractivity contribution in [1.82, 2.24) is 4.90 Å². The van der Waals surface area contributed by atoms with Gasteiger partial charge in [-0.1, -0.05) is 36.6 Å². The van der Waals surface area contributed by atoms with Crippen LogP contribution < -0.4 is 0 Å². The Balaban J connectivity index is 1.70. The Morgan fingerprint density at radius 3 is 2.27 bits per heavy atom. The minimum atomic E-state index is -0.331. The first-order valence-corrected chi connectivity index (χ1v) is 8.75. The largest absolute Gasteiger partial charge is 0.377 e. The Bertz CT molecular complexity index is 549. The summed E-state index contributed by atoms with van der Waals surface area (Å²) in [6.07, 6.45) is 6.37. The molecule has 1 saturated carbocycles. The monoisotopic (exact) mass is 319 g/mol. The first-order valence-electron chi connectivity index (χ1n) is 8.37. The molecule has 1 aliphatic carbocycles. The van der Waals surface area contributed by atoms with E-state index < -0.39 is 0 Å². The number of fused-ring (bicyclic) bond motifs is 2. The van der Waals surface area contributed by atoms with E-state index in [1.165, 1.54) is 0 Å². The number of nitrogens with zero attached hydrogens (tertiary/aromatic N) is 1. The Labute approximate surface area is 136 Å². The number of morpholine rings is 1. The zero-order chi connectivity index (χ0) is 15.2. The molecule has 2 saturated heterocycles. The Hall–Kier alpha value is -1.06. The van der Waals surface area contributed by atoms with Gasteiger partial charge in [0.2, 0.25) is 5.91 Å². The summed E-state index contributed by atoms with van der Waals surface area (Å²) in [4.78, 5) is 15.7. The summed E-state index contributed by atoms with van der Waals surface area (Å²) in [7, 11) is 0. The first kappa shape index (κ1) is 14.5. The second-order valence-corrected chi connectivity index (χ2v) is 7.37. The molecule has 0 N–H and O–H groups in total. The maximum absolute atomic E-state index is 13.5. The number of benzene rings is 1. The van der Waals surface area contributed by atoms with E-state index in [9.17, 15) is 4.79 Å². The van der Waals surface area contributed by atoms with E-state index in [4.69, 9.17) is 16.3 Å². The minimum Gasteiger partial charge on any atom is -0.377 e. The van der Waals surface area contributed by atoms with Crippen LogP contribution in [0.15, 0.2) is 24.3 Å². The predicted molar refractivity (Wildman–Crippen MR) is 86.1 cm³/mol. The van der Waals surface area contributed by atoms with Gasteiger partial charge in [0.05, 0.1) is 30.7 Å². The molecular weight excluding hydrogens is 298 g/mol. The highest BCUT2D eigenvalue weighted by Crippen LogP contribution is 2.45. The normalized spacial score (nSPS) is 29.8. The van der Waals surface area contributed by atoms with Gasteiger partial charge in [0.15, 0.2) is 0 Å². The van der Waals surface area contributed by atoms with Crippen LogP contribution in [0, 0.1) is 0 Å². The molecule has 3 fully saturated rings. The second-order valence-electron chi connectivity index (χ2n) is 6.93. The van der Waals surface area contributed by atoms with E-state index in [1.54, 1.807) is 0 Å². The number of carbonyl (C=O) groups excluding carboxylic acids is 1. The van der Waals surface area contributed by atoms with Crippen LogP contribution in [-0.2, 0) is 14.9 Å². The lowest BCUT2D eigenvalue weighted by Crippen LogP contribution is -2.55. The second kappa shape index (κ2) is 5.54. The van der Waals surface area contributed by atoms with Gasteiger partial charge in [-0.25, -0.2) is 0 Å². The summed E-state index contributed by atoms with van der Waals surface area (Å²) >= 11 is 6.04. The molecule has 2 bridgehead atoms. The zero-order valence-electron chi connectivity index (χ0n) is 12.8. The van der Waals surface area contributed by atoms with Crippen molar-refractivity contribution in [3.05, 3.63) is 34.9 Å². The van der Waals surface area contributed by atoms with Crippen LogP contribution >= 0.6 is 11.6 Å². The maximum Gasteiger partial charge on any atom is 0.233 e. The van der Waals surface area contributed by atoms with Crippen molar-refractivity contribution in [2.75, 3.05) is 13.2 Å². The molecule has 3 nitrogen and oxygen atoms in total. The minimum absolute atomic E-state index is 0.288. The molecule has 2 heterocycles. The molecule has 2 unspecified atom stereocenters. The summed E-state index contributed by atoms with van der Waals surface area (Å²) in [6.45, 7) is 1.41. The first-order chi connectivity index (χ1) is 10.7. The summed E-state index contributed by atoms with van der Waals surface area (Å²) in [5, 5.41) is 0.732. The molecule has 0 spiro atoms. The van der Waals surface area contributed by atoms with Crippen molar-refractivity contribution in [2.45, 2.75) is 56.0 Å².